The number of rotatable bonds is 2. The molecule has 4 bridgehead atoms. The van der Waals surface area contributed by atoms with Crippen molar-refractivity contribution in [2.75, 3.05) is 0 Å². The van der Waals surface area contributed by atoms with Crippen LogP contribution in [0.15, 0.2) is 36.7 Å². The van der Waals surface area contributed by atoms with Crippen LogP contribution in [0.4, 0.5) is 0 Å². The highest BCUT2D eigenvalue weighted by Gasteiger charge is 2.51. The fraction of sp³-hybridized carbons (Fsp3) is 0.583. The zero-order valence-electron chi connectivity index (χ0n) is 16.3. The van der Waals surface area contributed by atoms with Gasteiger partial charge < -0.3 is 0 Å². The van der Waals surface area contributed by atoms with Crippen LogP contribution in [0.1, 0.15) is 70.6 Å². The molecule has 0 unspecified atom stereocenters. The van der Waals surface area contributed by atoms with Gasteiger partial charge in [-0.25, -0.2) is 9.97 Å². The van der Waals surface area contributed by atoms with Gasteiger partial charge in [-0.15, -0.1) is 0 Å². The third kappa shape index (κ3) is 2.69. The molecular weight excluding hydrogens is 316 g/mol. The molecule has 4 saturated carbocycles. The second kappa shape index (κ2) is 5.65. The van der Waals surface area contributed by atoms with Gasteiger partial charge in [-0.05, 0) is 79.4 Å². The van der Waals surface area contributed by atoms with Gasteiger partial charge in [0.2, 0.25) is 0 Å². The lowest BCUT2D eigenvalue weighted by molar-refractivity contribution is -0.00516. The maximum atomic E-state index is 4.60. The van der Waals surface area contributed by atoms with Gasteiger partial charge >= 0.3 is 0 Å². The van der Waals surface area contributed by atoms with Crippen LogP contribution >= 0.6 is 0 Å². The van der Waals surface area contributed by atoms with E-state index in [0.717, 1.165) is 29.1 Å². The van der Waals surface area contributed by atoms with E-state index in [4.69, 9.17) is 0 Å². The summed E-state index contributed by atoms with van der Waals surface area (Å²) in [5, 5.41) is 0. The average molecular weight is 347 g/mol. The molecule has 136 valence electrons. The van der Waals surface area contributed by atoms with E-state index in [2.05, 4.69) is 61.1 Å². The molecule has 2 nitrogen and oxygen atoms in total. The summed E-state index contributed by atoms with van der Waals surface area (Å²) in [5.74, 6) is 2.95. The molecule has 0 aliphatic heterocycles. The normalized spacial score (nSPS) is 32.8. The van der Waals surface area contributed by atoms with Crippen LogP contribution in [-0.4, -0.2) is 9.97 Å². The second-order valence-electron chi connectivity index (χ2n) is 10.3. The molecule has 6 rings (SSSR count). The zero-order valence-corrected chi connectivity index (χ0v) is 16.3. The van der Waals surface area contributed by atoms with Crippen LogP contribution in [0.25, 0.3) is 11.3 Å². The first-order chi connectivity index (χ1) is 12.4. The monoisotopic (exact) mass is 346 g/mol. The molecule has 26 heavy (non-hydrogen) atoms. The molecule has 1 heterocycles. The minimum Gasteiger partial charge on any atom is -0.241 e. The quantitative estimate of drug-likeness (QED) is 0.675. The highest BCUT2D eigenvalue weighted by molar-refractivity contribution is 5.61. The van der Waals surface area contributed by atoms with E-state index in [1.165, 1.54) is 44.1 Å². The summed E-state index contributed by atoms with van der Waals surface area (Å²) in [7, 11) is 0. The Morgan fingerprint density at radius 1 is 0.885 bits per heavy atom. The van der Waals surface area contributed by atoms with Gasteiger partial charge in [0.25, 0.3) is 0 Å². The molecule has 2 aromatic rings. The van der Waals surface area contributed by atoms with E-state index < -0.39 is 0 Å². The fourth-order valence-corrected chi connectivity index (χ4v) is 6.40. The van der Waals surface area contributed by atoms with Crippen molar-refractivity contribution in [1.29, 1.82) is 0 Å². The lowest BCUT2D eigenvalue weighted by Crippen LogP contribution is -2.48. The standard InChI is InChI=1S/C24H30N2/c1-23(2,3)22-11-21(25-15-26-22)19-5-4-6-20(10-19)24-12-16-7-17(13-24)9-18(8-16)14-24/h4-6,10-11,15-18H,7-9,12-14H2,1-3H3. The summed E-state index contributed by atoms with van der Waals surface area (Å²) in [6, 6.07) is 11.5. The van der Waals surface area contributed by atoms with Gasteiger partial charge in [0.1, 0.15) is 6.33 Å². The Hall–Kier alpha value is -1.70. The third-order valence-electron chi connectivity index (χ3n) is 7.24. The molecule has 2 heteroatoms. The Kier molecular flexibility index (Phi) is 3.58. The molecular formula is C24H30N2. The van der Waals surface area contributed by atoms with Crippen molar-refractivity contribution >= 4 is 0 Å². The van der Waals surface area contributed by atoms with Gasteiger partial charge in [-0.3, -0.25) is 0 Å². The van der Waals surface area contributed by atoms with Crippen LogP contribution in [0, 0.1) is 17.8 Å². The predicted molar refractivity (Wildman–Crippen MR) is 106 cm³/mol. The highest BCUT2D eigenvalue weighted by Crippen LogP contribution is 2.60. The van der Waals surface area contributed by atoms with Crippen molar-refractivity contribution in [2.45, 2.75) is 70.1 Å². The lowest BCUT2D eigenvalue weighted by atomic mass is 9.48. The minimum atomic E-state index is 0.0508. The van der Waals surface area contributed by atoms with Gasteiger partial charge in [0.05, 0.1) is 5.69 Å². The molecule has 0 amide bonds. The van der Waals surface area contributed by atoms with E-state index in [9.17, 15) is 0 Å². The first-order valence-corrected chi connectivity index (χ1v) is 10.3. The molecule has 4 aliphatic rings. The molecule has 4 fully saturated rings. The number of nitrogens with zero attached hydrogens (tertiary/aromatic N) is 2. The SMILES string of the molecule is CC(C)(C)c1cc(-c2cccc(C34CC5CC(CC(C5)C3)C4)c2)ncn1. The topological polar surface area (TPSA) is 25.8 Å². The van der Waals surface area contributed by atoms with E-state index in [0.29, 0.717) is 5.41 Å². The molecule has 1 aromatic heterocycles. The van der Waals surface area contributed by atoms with E-state index >= 15 is 0 Å². The van der Waals surface area contributed by atoms with Crippen molar-refractivity contribution in [3.63, 3.8) is 0 Å². The molecule has 0 saturated heterocycles. The van der Waals surface area contributed by atoms with Crippen molar-refractivity contribution in [2.24, 2.45) is 17.8 Å². The summed E-state index contributed by atoms with van der Waals surface area (Å²) >= 11 is 0. The van der Waals surface area contributed by atoms with Gasteiger partial charge in [-0.1, -0.05) is 39.0 Å². The van der Waals surface area contributed by atoms with Crippen LogP contribution in [0.3, 0.4) is 0 Å². The summed E-state index contributed by atoms with van der Waals surface area (Å²) in [6.07, 6.45) is 10.5. The largest absolute Gasteiger partial charge is 0.241 e. The molecule has 1 aromatic carbocycles. The molecule has 4 aliphatic carbocycles. The lowest BCUT2D eigenvalue weighted by Gasteiger charge is -2.57. The Bertz CT molecular complexity index is 795. The van der Waals surface area contributed by atoms with Crippen LogP contribution in [-0.2, 0) is 10.8 Å². The summed E-state index contributed by atoms with van der Waals surface area (Å²) in [5.41, 5.74) is 5.51. The second-order valence-corrected chi connectivity index (χ2v) is 10.3. The summed E-state index contributed by atoms with van der Waals surface area (Å²) in [4.78, 5) is 9.10. The first-order valence-electron chi connectivity index (χ1n) is 10.3. The molecule has 0 spiro atoms. The molecule has 0 atom stereocenters. The Balaban J connectivity index is 1.53. The van der Waals surface area contributed by atoms with Crippen molar-refractivity contribution in [1.82, 2.24) is 9.97 Å². The van der Waals surface area contributed by atoms with E-state index in [1.807, 2.05) is 0 Å². The van der Waals surface area contributed by atoms with Gasteiger partial charge in [0.15, 0.2) is 0 Å². The predicted octanol–water partition coefficient (Wildman–Crippen LogP) is 5.91. The van der Waals surface area contributed by atoms with Crippen molar-refractivity contribution in [3.05, 3.63) is 47.9 Å². The Labute approximate surface area is 157 Å². The first kappa shape index (κ1) is 16.5. The van der Waals surface area contributed by atoms with Gasteiger partial charge in [-0.2, -0.15) is 0 Å². The van der Waals surface area contributed by atoms with E-state index in [1.54, 1.807) is 11.9 Å². The summed E-state index contributed by atoms with van der Waals surface area (Å²) in [6.45, 7) is 6.64. The number of aromatic nitrogens is 2. The summed E-state index contributed by atoms with van der Waals surface area (Å²) < 4.78 is 0. The number of hydrogen-bond donors (Lipinski definition) is 0. The highest BCUT2D eigenvalue weighted by atomic mass is 14.8. The minimum absolute atomic E-state index is 0.0508. The average Bonchev–Trinajstić information content (AvgIpc) is 2.60. The Morgan fingerprint density at radius 3 is 2.15 bits per heavy atom. The zero-order chi connectivity index (χ0) is 17.9. The van der Waals surface area contributed by atoms with Gasteiger partial charge in [0, 0.05) is 16.7 Å². The molecule has 0 N–H and O–H groups in total. The van der Waals surface area contributed by atoms with Crippen LogP contribution in [0.5, 0.6) is 0 Å². The van der Waals surface area contributed by atoms with Crippen molar-refractivity contribution in [3.8, 4) is 11.3 Å². The van der Waals surface area contributed by atoms with Crippen LogP contribution in [0.2, 0.25) is 0 Å². The van der Waals surface area contributed by atoms with Crippen LogP contribution < -0.4 is 0 Å². The third-order valence-corrected chi connectivity index (χ3v) is 7.24. The van der Waals surface area contributed by atoms with E-state index in [-0.39, 0.29) is 5.41 Å². The Morgan fingerprint density at radius 2 is 1.54 bits per heavy atom. The maximum Gasteiger partial charge on any atom is 0.116 e. The van der Waals surface area contributed by atoms with Crippen molar-refractivity contribution < 1.29 is 0 Å². The number of benzene rings is 1. The smallest absolute Gasteiger partial charge is 0.116 e. The fourth-order valence-electron chi connectivity index (χ4n) is 6.40. The maximum absolute atomic E-state index is 4.60. The number of hydrogen-bond acceptors (Lipinski definition) is 2. The molecule has 0 radical (unpaired) electrons.